The molecule has 226 valence electrons. The number of hydrogen-bond donors (Lipinski definition) is 4. The standard InChI is InChI=1S/2C17H15N3O2.Cr/c2*1-12-14(11-18-15-9-5-6-10-16(15)21)17(22)20(19-12)13-7-3-2-4-8-13;/h2*2-11,21-22H,1H3;. The molecule has 11 heteroatoms. The van der Waals surface area contributed by atoms with Crippen molar-refractivity contribution in [2.45, 2.75) is 13.8 Å². The van der Waals surface area contributed by atoms with Crippen LogP contribution in [0.4, 0.5) is 11.4 Å². The van der Waals surface area contributed by atoms with Crippen LogP contribution in [-0.4, -0.2) is 52.4 Å². The fraction of sp³-hybridized carbons (Fsp3) is 0.0588. The van der Waals surface area contributed by atoms with Gasteiger partial charge in [0.05, 0.1) is 33.9 Å². The van der Waals surface area contributed by atoms with Gasteiger partial charge in [0.2, 0.25) is 11.8 Å². The fourth-order valence-electron chi connectivity index (χ4n) is 4.27. The molecule has 0 aliphatic heterocycles. The third-order valence-electron chi connectivity index (χ3n) is 6.59. The Morgan fingerprint density at radius 2 is 0.844 bits per heavy atom. The molecule has 2 heterocycles. The van der Waals surface area contributed by atoms with Crippen LogP contribution in [0.15, 0.2) is 119 Å². The summed E-state index contributed by atoms with van der Waals surface area (Å²) in [5.74, 6) is 0.212. The predicted octanol–water partition coefficient (Wildman–Crippen LogP) is 6.68. The molecule has 4 N–H and O–H groups in total. The number of aliphatic imine (C=N–C) groups is 2. The first-order chi connectivity index (χ1) is 21.3. The number of para-hydroxylation sites is 6. The Hall–Kier alpha value is -5.63. The van der Waals surface area contributed by atoms with E-state index < -0.39 is 0 Å². The summed E-state index contributed by atoms with van der Waals surface area (Å²) in [4.78, 5) is 8.43. The molecule has 0 amide bonds. The van der Waals surface area contributed by atoms with Gasteiger partial charge in [-0.15, -0.1) is 0 Å². The average molecular weight is 639 g/mol. The van der Waals surface area contributed by atoms with Gasteiger partial charge in [0, 0.05) is 29.8 Å². The first-order valence-electron chi connectivity index (χ1n) is 13.7. The molecule has 45 heavy (non-hydrogen) atoms. The molecule has 0 aliphatic rings. The van der Waals surface area contributed by atoms with E-state index in [1.807, 2.05) is 60.7 Å². The molecular weight excluding hydrogens is 608 g/mol. The van der Waals surface area contributed by atoms with E-state index in [9.17, 15) is 20.4 Å². The monoisotopic (exact) mass is 638 g/mol. The number of aromatic hydroxyl groups is 4. The Morgan fingerprint density at radius 3 is 1.20 bits per heavy atom. The smallest absolute Gasteiger partial charge is 0.223 e. The van der Waals surface area contributed by atoms with Gasteiger partial charge in [0.25, 0.3) is 0 Å². The largest absolute Gasteiger partial charge is 0.506 e. The van der Waals surface area contributed by atoms with Gasteiger partial charge >= 0.3 is 0 Å². The van der Waals surface area contributed by atoms with Gasteiger partial charge in [0.1, 0.15) is 22.9 Å². The van der Waals surface area contributed by atoms with Crippen molar-refractivity contribution < 1.29 is 37.8 Å². The molecule has 4 aromatic carbocycles. The summed E-state index contributed by atoms with van der Waals surface area (Å²) in [6, 6.07) is 32.3. The van der Waals surface area contributed by atoms with Crippen molar-refractivity contribution in [3.05, 3.63) is 132 Å². The molecule has 0 unspecified atom stereocenters. The van der Waals surface area contributed by atoms with Gasteiger partial charge < -0.3 is 20.4 Å². The van der Waals surface area contributed by atoms with Crippen LogP contribution >= 0.6 is 0 Å². The number of aryl methyl sites for hydroxylation is 2. The zero-order valence-electron chi connectivity index (χ0n) is 24.4. The molecule has 0 radical (unpaired) electrons. The van der Waals surface area contributed by atoms with Gasteiger partial charge in [-0.2, -0.15) is 10.2 Å². The number of nitrogens with zero attached hydrogens (tertiary/aromatic N) is 6. The van der Waals surface area contributed by atoms with E-state index in [-0.39, 0.29) is 40.6 Å². The fourth-order valence-corrected chi connectivity index (χ4v) is 4.27. The van der Waals surface area contributed by atoms with Crippen LogP contribution in [0.25, 0.3) is 11.4 Å². The molecule has 10 nitrogen and oxygen atoms in total. The SMILES string of the molecule is Cc1nn(-c2ccccc2)c(O)c1C=Nc1ccccc1O.Cc1nn(-c2ccccc2)c(O)c1C=Nc1ccccc1O.[Cr]. The Bertz CT molecular complexity index is 1790. The minimum atomic E-state index is 0. The van der Waals surface area contributed by atoms with E-state index >= 15 is 0 Å². The summed E-state index contributed by atoms with van der Waals surface area (Å²) in [6.07, 6.45) is 3.01. The predicted molar refractivity (Wildman–Crippen MR) is 171 cm³/mol. The number of phenols is 2. The first-order valence-corrected chi connectivity index (χ1v) is 13.7. The molecule has 0 aliphatic carbocycles. The molecule has 0 fully saturated rings. The topological polar surface area (TPSA) is 141 Å². The zero-order chi connectivity index (χ0) is 31.1. The Kier molecular flexibility index (Phi) is 10.6. The maximum Gasteiger partial charge on any atom is 0.223 e. The minimum Gasteiger partial charge on any atom is -0.506 e. The molecule has 6 aromatic rings. The Labute approximate surface area is 270 Å². The van der Waals surface area contributed by atoms with E-state index in [1.54, 1.807) is 62.4 Å². The van der Waals surface area contributed by atoms with Gasteiger partial charge in [0.15, 0.2) is 0 Å². The van der Waals surface area contributed by atoms with Crippen molar-refractivity contribution >= 4 is 23.8 Å². The van der Waals surface area contributed by atoms with E-state index in [1.165, 1.54) is 21.8 Å². The summed E-state index contributed by atoms with van der Waals surface area (Å²) in [5.41, 5.74) is 4.76. The average Bonchev–Trinajstić information content (AvgIpc) is 3.50. The molecule has 0 bridgehead atoms. The van der Waals surface area contributed by atoms with Crippen LogP contribution < -0.4 is 0 Å². The molecule has 0 saturated heterocycles. The van der Waals surface area contributed by atoms with E-state index in [2.05, 4.69) is 20.2 Å². The second-order valence-corrected chi connectivity index (χ2v) is 9.63. The van der Waals surface area contributed by atoms with Crippen molar-refractivity contribution in [1.29, 1.82) is 0 Å². The molecular formula is C34H30CrN6O4. The molecule has 0 spiro atoms. The van der Waals surface area contributed by atoms with Crippen LogP contribution in [0.5, 0.6) is 23.3 Å². The van der Waals surface area contributed by atoms with Crippen LogP contribution in [-0.2, 0) is 17.4 Å². The maximum absolute atomic E-state index is 10.4. The van der Waals surface area contributed by atoms with Crippen molar-refractivity contribution in [3.8, 4) is 34.6 Å². The number of aromatic nitrogens is 4. The van der Waals surface area contributed by atoms with Crippen LogP contribution in [0.3, 0.4) is 0 Å². The van der Waals surface area contributed by atoms with Crippen LogP contribution in [0, 0.1) is 13.8 Å². The normalized spacial score (nSPS) is 10.9. The quantitative estimate of drug-likeness (QED) is 0.150. The zero-order valence-corrected chi connectivity index (χ0v) is 25.7. The van der Waals surface area contributed by atoms with Crippen molar-refractivity contribution in [1.82, 2.24) is 19.6 Å². The second kappa shape index (κ2) is 14.7. The summed E-state index contributed by atoms with van der Waals surface area (Å²) in [7, 11) is 0. The number of phenolic OH excluding ortho intramolecular Hbond substituents is 2. The molecule has 0 saturated carbocycles. The second-order valence-electron chi connectivity index (χ2n) is 9.63. The van der Waals surface area contributed by atoms with Crippen molar-refractivity contribution in [3.63, 3.8) is 0 Å². The van der Waals surface area contributed by atoms with Gasteiger partial charge in [-0.25, -0.2) is 9.36 Å². The van der Waals surface area contributed by atoms with Gasteiger partial charge in [-0.05, 0) is 62.4 Å². The summed E-state index contributed by atoms with van der Waals surface area (Å²) >= 11 is 0. The summed E-state index contributed by atoms with van der Waals surface area (Å²) < 4.78 is 2.92. The van der Waals surface area contributed by atoms with Crippen molar-refractivity contribution in [2.24, 2.45) is 9.98 Å². The Balaban J connectivity index is 0.000000200. The number of benzene rings is 4. The number of hydrogen-bond acceptors (Lipinski definition) is 8. The van der Waals surface area contributed by atoms with Crippen molar-refractivity contribution in [2.75, 3.05) is 0 Å². The first kappa shape index (κ1) is 32.3. The van der Waals surface area contributed by atoms with Crippen LogP contribution in [0.2, 0.25) is 0 Å². The van der Waals surface area contributed by atoms with Gasteiger partial charge in [-0.1, -0.05) is 60.7 Å². The summed E-state index contributed by atoms with van der Waals surface area (Å²) in [5, 5.41) is 48.8. The van der Waals surface area contributed by atoms with Crippen LogP contribution in [0.1, 0.15) is 22.5 Å². The molecule has 2 aromatic heterocycles. The van der Waals surface area contributed by atoms with Gasteiger partial charge in [-0.3, -0.25) is 9.98 Å². The third kappa shape index (κ3) is 7.48. The maximum atomic E-state index is 10.4. The van der Waals surface area contributed by atoms with E-state index in [0.717, 1.165) is 11.4 Å². The Morgan fingerprint density at radius 1 is 0.511 bits per heavy atom. The third-order valence-corrected chi connectivity index (χ3v) is 6.59. The molecule has 6 rings (SSSR count). The summed E-state index contributed by atoms with van der Waals surface area (Å²) in [6.45, 7) is 3.59. The minimum absolute atomic E-state index is 0. The van der Waals surface area contributed by atoms with E-state index in [4.69, 9.17) is 0 Å². The molecule has 0 atom stereocenters. The number of rotatable bonds is 6. The van der Waals surface area contributed by atoms with E-state index in [0.29, 0.717) is 33.9 Å².